The van der Waals surface area contributed by atoms with Gasteiger partial charge in [-0.1, -0.05) is 0 Å². The fraction of sp³-hybridized carbons (Fsp3) is 0.714. The van der Waals surface area contributed by atoms with Crippen molar-refractivity contribution in [2.75, 3.05) is 0 Å². The molecule has 0 unspecified atom stereocenters. The zero-order valence-corrected chi connectivity index (χ0v) is 7.91. The maximum absolute atomic E-state index is 5.46. The molecule has 10 heavy (non-hydrogen) atoms. The van der Waals surface area contributed by atoms with Gasteiger partial charge < -0.3 is 9.16 Å². The molecule has 0 radical (unpaired) electrons. The number of ether oxygens (including phenoxy) is 1. The maximum Gasteiger partial charge on any atom is 0.261 e. The van der Waals surface area contributed by atoms with Gasteiger partial charge in [-0.3, -0.25) is 0 Å². The Morgan fingerprint density at radius 2 is 2.40 bits per heavy atom. The van der Waals surface area contributed by atoms with Crippen LogP contribution in [0.15, 0.2) is 12.0 Å². The molecule has 0 aromatic rings. The van der Waals surface area contributed by atoms with E-state index in [0.717, 1.165) is 12.4 Å². The summed E-state index contributed by atoms with van der Waals surface area (Å²) in [6.45, 7) is 6.31. The average molecular weight is 158 g/mol. The first-order chi connectivity index (χ1) is 4.68. The molecule has 0 bridgehead atoms. The first-order valence-corrected chi connectivity index (χ1v) is 6.50. The third kappa shape index (κ3) is 2.06. The summed E-state index contributed by atoms with van der Waals surface area (Å²) in [6.07, 6.45) is 3.34. The summed E-state index contributed by atoms with van der Waals surface area (Å²) in [4.78, 5) is 0. The molecule has 0 spiro atoms. The van der Waals surface area contributed by atoms with Crippen molar-refractivity contribution in [1.29, 1.82) is 0 Å². The molecule has 0 aromatic carbocycles. The lowest BCUT2D eigenvalue weighted by Crippen LogP contribution is -2.09. The van der Waals surface area contributed by atoms with Gasteiger partial charge in [0.2, 0.25) is 9.04 Å². The van der Waals surface area contributed by atoms with E-state index in [0.29, 0.717) is 6.10 Å². The normalized spacial score (nSPS) is 24.4. The van der Waals surface area contributed by atoms with E-state index in [1.165, 1.54) is 0 Å². The first kappa shape index (κ1) is 7.66. The van der Waals surface area contributed by atoms with Crippen LogP contribution in [0.3, 0.4) is 0 Å². The molecule has 1 aliphatic rings. The fourth-order valence-corrected chi connectivity index (χ4v) is 1.48. The van der Waals surface area contributed by atoms with Crippen LogP contribution in [0.25, 0.3) is 0 Å². The second kappa shape index (κ2) is 3.10. The van der Waals surface area contributed by atoms with Gasteiger partial charge in [-0.2, -0.15) is 0 Å². The second-order valence-electron chi connectivity index (χ2n) is 2.85. The third-order valence-corrected chi connectivity index (χ3v) is 1.99. The van der Waals surface area contributed by atoms with E-state index in [-0.39, 0.29) is 0 Å². The van der Waals surface area contributed by atoms with Crippen molar-refractivity contribution in [2.45, 2.75) is 32.5 Å². The summed E-state index contributed by atoms with van der Waals surface area (Å²) < 4.78 is 10.8. The van der Waals surface area contributed by atoms with E-state index >= 15 is 0 Å². The van der Waals surface area contributed by atoms with Crippen LogP contribution in [0.1, 0.15) is 13.3 Å². The van der Waals surface area contributed by atoms with E-state index in [1.807, 2.05) is 6.08 Å². The number of hydrogen-bond donors (Lipinski definition) is 0. The van der Waals surface area contributed by atoms with Gasteiger partial charge in [0, 0.05) is 6.42 Å². The van der Waals surface area contributed by atoms with Gasteiger partial charge in [0.1, 0.15) is 6.10 Å². The van der Waals surface area contributed by atoms with E-state index in [1.54, 1.807) is 0 Å². The molecule has 1 heterocycles. The molecule has 3 heteroatoms. The highest BCUT2D eigenvalue weighted by molar-refractivity contribution is 6.48. The molecule has 0 aliphatic carbocycles. The summed E-state index contributed by atoms with van der Waals surface area (Å²) in [5, 5.41) is 0. The Morgan fingerprint density at radius 3 is 2.80 bits per heavy atom. The Morgan fingerprint density at radius 1 is 1.70 bits per heavy atom. The molecule has 0 fully saturated rings. The number of rotatable bonds is 2. The van der Waals surface area contributed by atoms with Gasteiger partial charge in [0.25, 0.3) is 5.95 Å². The van der Waals surface area contributed by atoms with E-state index < -0.39 is 9.04 Å². The Kier molecular flexibility index (Phi) is 2.37. The monoisotopic (exact) mass is 158 g/mol. The highest BCUT2D eigenvalue weighted by Crippen LogP contribution is 2.17. The van der Waals surface area contributed by atoms with Crippen molar-refractivity contribution < 1.29 is 9.16 Å². The summed E-state index contributed by atoms with van der Waals surface area (Å²) >= 11 is 0. The van der Waals surface area contributed by atoms with Crippen LogP contribution in [-0.2, 0) is 9.16 Å². The minimum absolute atomic E-state index is 0.322. The van der Waals surface area contributed by atoms with Crippen LogP contribution in [-0.4, -0.2) is 15.1 Å². The molecule has 0 amide bonds. The minimum Gasteiger partial charge on any atom is -0.523 e. The summed E-state index contributed by atoms with van der Waals surface area (Å²) in [5.41, 5.74) is 0. The Hall–Kier alpha value is -0.443. The number of hydrogen-bond acceptors (Lipinski definition) is 2. The van der Waals surface area contributed by atoms with Crippen molar-refractivity contribution in [3.05, 3.63) is 12.0 Å². The highest BCUT2D eigenvalue weighted by Gasteiger charge is 2.14. The standard InChI is InChI=1S/C7H14O2Si/c1-6-4-5-7(8-6)9-10(2)3/h5-6,10H,4H2,1-3H3/t6-/m1/s1. The van der Waals surface area contributed by atoms with Crippen LogP contribution < -0.4 is 0 Å². The Bertz CT molecular complexity index is 143. The predicted molar refractivity (Wildman–Crippen MR) is 43.2 cm³/mol. The van der Waals surface area contributed by atoms with Crippen molar-refractivity contribution in [2.24, 2.45) is 0 Å². The molecule has 1 aliphatic heterocycles. The zero-order chi connectivity index (χ0) is 7.56. The molecule has 0 saturated heterocycles. The molecule has 2 nitrogen and oxygen atoms in total. The summed E-state index contributed by atoms with van der Waals surface area (Å²) in [7, 11) is -0.944. The second-order valence-corrected chi connectivity index (χ2v) is 5.19. The Balaban J connectivity index is 2.30. The molecule has 0 aromatic heterocycles. The lowest BCUT2D eigenvalue weighted by Gasteiger charge is -2.11. The van der Waals surface area contributed by atoms with Gasteiger partial charge in [0.15, 0.2) is 0 Å². The van der Waals surface area contributed by atoms with Crippen LogP contribution in [0, 0.1) is 0 Å². The molecular formula is C7H14O2Si. The van der Waals surface area contributed by atoms with Gasteiger partial charge in [-0.05, 0) is 26.1 Å². The lowest BCUT2D eigenvalue weighted by molar-refractivity contribution is 0.0791. The molecule has 1 atom stereocenters. The van der Waals surface area contributed by atoms with E-state index in [9.17, 15) is 0 Å². The molecule has 0 saturated carbocycles. The van der Waals surface area contributed by atoms with Gasteiger partial charge in [-0.15, -0.1) is 0 Å². The van der Waals surface area contributed by atoms with Crippen molar-refractivity contribution in [3.63, 3.8) is 0 Å². The van der Waals surface area contributed by atoms with Gasteiger partial charge in [-0.25, -0.2) is 0 Å². The lowest BCUT2D eigenvalue weighted by atomic mass is 10.3. The maximum atomic E-state index is 5.46. The topological polar surface area (TPSA) is 18.5 Å². The molecule has 0 N–H and O–H groups in total. The van der Waals surface area contributed by atoms with Crippen LogP contribution in [0.5, 0.6) is 0 Å². The van der Waals surface area contributed by atoms with E-state index in [2.05, 4.69) is 20.0 Å². The van der Waals surface area contributed by atoms with Crippen LogP contribution in [0.4, 0.5) is 0 Å². The van der Waals surface area contributed by atoms with Crippen molar-refractivity contribution >= 4 is 9.04 Å². The van der Waals surface area contributed by atoms with Gasteiger partial charge in [0.05, 0.1) is 0 Å². The first-order valence-electron chi connectivity index (χ1n) is 3.72. The van der Waals surface area contributed by atoms with Crippen LogP contribution in [0.2, 0.25) is 13.1 Å². The smallest absolute Gasteiger partial charge is 0.261 e. The van der Waals surface area contributed by atoms with Crippen LogP contribution >= 0.6 is 0 Å². The third-order valence-electron chi connectivity index (χ3n) is 1.29. The SMILES string of the molecule is C[C@@H]1CC=C(O[SiH](C)C)O1. The molecule has 58 valence electrons. The largest absolute Gasteiger partial charge is 0.523 e. The average Bonchev–Trinajstić information content (AvgIpc) is 2.13. The van der Waals surface area contributed by atoms with E-state index in [4.69, 9.17) is 9.16 Å². The minimum atomic E-state index is -0.944. The Labute approximate surface area is 63.6 Å². The molecular weight excluding hydrogens is 144 g/mol. The fourth-order valence-electron chi connectivity index (χ4n) is 0.865. The summed E-state index contributed by atoms with van der Waals surface area (Å²) in [5.74, 6) is 0.758. The quantitative estimate of drug-likeness (QED) is 0.569. The highest BCUT2D eigenvalue weighted by atomic mass is 28.3. The van der Waals surface area contributed by atoms with Crippen molar-refractivity contribution in [3.8, 4) is 0 Å². The van der Waals surface area contributed by atoms with Gasteiger partial charge >= 0.3 is 0 Å². The molecule has 1 rings (SSSR count). The zero-order valence-electron chi connectivity index (χ0n) is 6.76. The summed E-state index contributed by atoms with van der Waals surface area (Å²) in [6, 6.07) is 0. The predicted octanol–water partition coefficient (Wildman–Crippen LogP) is 1.64. The van der Waals surface area contributed by atoms with Crippen molar-refractivity contribution in [1.82, 2.24) is 0 Å².